The highest BCUT2D eigenvalue weighted by Gasteiger charge is 2.08. The largest absolute Gasteiger partial charge is 0.427 e. The Hall–Kier alpha value is -1.90. The zero-order valence-corrected chi connectivity index (χ0v) is 7.61. The number of rotatable bonds is 1. The highest BCUT2D eigenvalue weighted by Crippen LogP contribution is 2.16. The Morgan fingerprint density at radius 3 is 2.50 bits per heavy atom. The number of hydrogen-bond donors (Lipinski definition) is 0. The molecular weight excluding hydrogens is 180 g/mol. The quantitative estimate of drug-likeness (QED) is 0.642. The molecule has 0 aliphatic heterocycles. The molecule has 1 aromatic carbocycles. The van der Waals surface area contributed by atoms with Crippen LogP contribution >= 0.6 is 0 Å². The van der Waals surface area contributed by atoms with Gasteiger partial charge in [-0.15, -0.1) is 0 Å². The lowest BCUT2D eigenvalue weighted by molar-refractivity contribution is 0.112. The van der Waals surface area contributed by atoms with Gasteiger partial charge in [0.25, 0.3) is 0 Å². The molecule has 1 aromatic heterocycles. The highest BCUT2D eigenvalue weighted by molar-refractivity contribution is 5.97. The van der Waals surface area contributed by atoms with Crippen LogP contribution in [-0.2, 0) is 0 Å². The smallest absolute Gasteiger partial charge is 0.343 e. The topological polar surface area (TPSA) is 47.3 Å². The lowest BCUT2D eigenvalue weighted by Crippen LogP contribution is -2.03. The lowest BCUT2D eigenvalue weighted by atomic mass is 10.1. The van der Waals surface area contributed by atoms with Crippen molar-refractivity contribution in [3.8, 4) is 0 Å². The van der Waals surface area contributed by atoms with Crippen molar-refractivity contribution < 1.29 is 9.21 Å². The molecule has 2 rings (SSSR count). The van der Waals surface area contributed by atoms with Crippen LogP contribution in [0.5, 0.6) is 0 Å². The van der Waals surface area contributed by atoms with Gasteiger partial charge in [-0.1, -0.05) is 18.2 Å². The molecule has 0 aliphatic carbocycles. The van der Waals surface area contributed by atoms with E-state index < -0.39 is 5.63 Å². The molecule has 0 aliphatic rings. The first-order valence-corrected chi connectivity index (χ1v) is 4.21. The molecule has 0 bridgehead atoms. The highest BCUT2D eigenvalue weighted by atomic mass is 16.4. The Kier molecular flexibility index (Phi) is 1.93. The van der Waals surface area contributed by atoms with Crippen LogP contribution < -0.4 is 5.63 Å². The van der Waals surface area contributed by atoms with E-state index in [9.17, 15) is 9.59 Å². The van der Waals surface area contributed by atoms with E-state index in [1.807, 2.05) is 0 Å². The molecule has 3 nitrogen and oxygen atoms in total. The van der Waals surface area contributed by atoms with Gasteiger partial charge in [0.2, 0.25) is 0 Å². The third-order valence-corrected chi connectivity index (χ3v) is 2.18. The van der Waals surface area contributed by atoms with Crippen molar-refractivity contribution in [1.29, 1.82) is 0 Å². The summed E-state index contributed by atoms with van der Waals surface area (Å²) in [6.07, 6.45) is 0.709. The predicted molar refractivity (Wildman–Crippen MR) is 52.6 cm³/mol. The molecule has 70 valence electrons. The minimum atomic E-state index is -0.399. The Morgan fingerprint density at radius 1 is 1.21 bits per heavy atom. The third-order valence-electron chi connectivity index (χ3n) is 2.18. The van der Waals surface area contributed by atoms with Gasteiger partial charge >= 0.3 is 5.63 Å². The van der Waals surface area contributed by atoms with E-state index in [0.29, 0.717) is 28.4 Å². The maximum absolute atomic E-state index is 11.4. The molecule has 3 heteroatoms. The summed E-state index contributed by atoms with van der Waals surface area (Å²) in [4.78, 5) is 22.2. The Balaban J connectivity index is 3.05. The monoisotopic (exact) mass is 188 g/mol. The summed E-state index contributed by atoms with van der Waals surface area (Å²) >= 11 is 0. The molecule has 0 unspecified atom stereocenters. The molecule has 0 amide bonds. The van der Waals surface area contributed by atoms with E-state index >= 15 is 0 Å². The van der Waals surface area contributed by atoms with Crippen molar-refractivity contribution in [1.82, 2.24) is 0 Å². The van der Waals surface area contributed by atoms with Crippen LogP contribution in [0.2, 0.25) is 0 Å². The molecule has 0 saturated heterocycles. The number of fused-ring (bicyclic) bond motifs is 1. The number of carbonyl (C=O) groups is 1. The number of aldehydes is 1. The number of hydrogen-bond acceptors (Lipinski definition) is 3. The number of aryl methyl sites for hydroxylation is 1. The average Bonchev–Trinajstić information content (AvgIpc) is 2.18. The summed E-state index contributed by atoms with van der Waals surface area (Å²) in [6, 6.07) is 6.91. The van der Waals surface area contributed by atoms with Gasteiger partial charge in [0.15, 0.2) is 6.29 Å². The van der Waals surface area contributed by atoms with Crippen LogP contribution in [0.3, 0.4) is 0 Å². The fourth-order valence-corrected chi connectivity index (χ4v) is 1.48. The fourth-order valence-electron chi connectivity index (χ4n) is 1.48. The summed E-state index contributed by atoms with van der Waals surface area (Å²) in [5.74, 6) is 0.365. The van der Waals surface area contributed by atoms with Crippen LogP contribution in [0.25, 0.3) is 10.8 Å². The molecule has 0 fully saturated rings. The van der Waals surface area contributed by atoms with Crippen molar-refractivity contribution >= 4 is 17.1 Å². The maximum atomic E-state index is 11.4. The molecule has 2 aromatic rings. The molecule has 1 heterocycles. The summed E-state index contributed by atoms with van der Waals surface area (Å²) in [5, 5.41) is 1.09. The predicted octanol–water partition coefficient (Wildman–Crippen LogP) is 1.91. The van der Waals surface area contributed by atoms with Crippen molar-refractivity contribution in [2.45, 2.75) is 6.92 Å². The zero-order valence-electron chi connectivity index (χ0n) is 7.61. The average molecular weight is 188 g/mol. The van der Waals surface area contributed by atoms with Crippen LogP contribution in [-0.4, -0.2) is 6.29 Å². The normalized spacial score (nSPS) is 10.4. The van der Waals surface area contributed by atoms with E-state index in [-0.39, 0.29) is 0 Å². The van der Waals surface area contributed by atoms with E-state index in [0.717, 1.165) is 0 Å². The minimum Gasteiger partial charge on any atom is -0.427 e. The molecule has 14 heavy (non-hydrogen) atoms. The van der Waals surface area contributed by atoms with E-state index in [1.165, 1.54) is 0 Å². The van der Waals surface area contributed by atoms with E-state index in [4.69, 9.17) is 4.42 Å². The Labute approximate surface area is 80.0 Å². The second kappa shape index (κ2) is 3.10. The van der Waals surface area contributed by atoms with Crippen molar-refractivity contribution in [3.63, 3.8) is 0 Å². The molecule has 0 radical (unpaired) electrons. The molecular formula is C11H8O3. The van der Waals surface area contributed by atoms with Crippen LogP contribution in [0.15, 0.2) is 33.5 Å². The van der Waals surface area contributed by atoms with Gasteiger partial charge < -0.3 is 4.42 Å². The van der Waals surface area contributed by atoms with Crippen LogP contribution in [0, 0.1) is 6.92 Å². The first kappa shape index (κ1) is 8.69. The maximum Gasteiger partial charge on any atom is 0.343 e. The number of carbonyl (C=O) groups excluding carboxylic acids is 1. The van der Waals surface area contributed by atoms with Crippen molar-refractivity contribution in [2.24, 2.45) is 0 Å². The Morgan fingerprint density at radius 2 is 1.86 bits per heavy atom. The van der Waals surface area contributed by atoms with Gasteiger partial charge in [0.1, 0.15) is 5.76 Å². The zero-order chi connectivity index (χ0) is 10.1. The minimum absolute atomic E-state index is 0.365. The SMILES string of the molecule is Cc1oc(=O)c2ccccc2c1C=O. The second-order valence-corrected chi connectivity index (χ2v) is 3.02. The summed E-state index contributed by atoms with van der Waals surface area (Å²) < 4.78 is 4.93. The fraction of sp³-hybridized carbons (Fsp3) is 0.0909. The van der Waals surface area contributed by atoms with Crippen molar-refractivity contribution in [3.05, 3.63) is 46.0 Å². The first-order chi connectivity index (χ1) is 6.74. The van der Waals surface area contributed by atoms with E-state index in [1.54, 1.807) is 31.2 Å². The molecule has 0 atom stereocenters. The van der Waals surface area contributed by atoms with Gasteiger partial charge in [-0.2, -0.15) is 0 Å². The summed E-state index contributed by atoms with van der Waals surface area (Å²) in [7, 11) is 0. The van der Waals surface area contributed by atoms with Crippen LogP contribution in [0.1, 0.15) is 16.1 Å². The summed E-state index contributed by atoms with van der Waals surface area (Å²) in [6.45, 7) is 1.61. The van der Waals surface area contributed by atoms with E-state index in [2.05, 4.69) is 0 Å². The lowest BCUT2D eigenvalue weighted by Gasteiger charge is -2.01. The van der Waals surface area contributed by atoms with Crippen LogP contribution in [0.4, 0.5) is 0 Å². The number of benzene rings is 1. The van der Waals surface area contributed by atoms with Crippen molar-refractivity contribution in [2.75, 3.05) is 0 Å². The Bertz CT molecular complexity index is 552. The third kappa shape index (κ3) is 1.14. The standard InChI is InChI=1S/C11H8O3/c1-7-10(6-12)8-4-2-3-5-9(8)11(13)14-7/h2-6H,1H3. The van der Waals surface area contributed by atoms with Gasteiger partial charge in [0.05, 0.1) is 10.9 Å². The first-order valence-electron chi connectivity index (χ1n) is 4.21. The summed E-state index contributed by atoms with van der Waals surface area (Å²) in [5.41, 5.74) is 0.0453. The molecule has 0 spiro atoms. The second-order valence-electron chi connectivity index (χ2n) is 3.02. The van der Waals surface area contributed by atoms with Gasteiger partial charge in [-0.25, -0.2) is 4.79 Å². The molecule has 0 N–H and O–H groups in total. The van der Waals surface area contributed by atoms with Gasteiger partial charge in [-0.05, 0) is 13.0 Å². The van der Waals surface area contributed by atoms with Gasteiger partial charge in [-0.3, -0.25) is 4.79 Å². The molecule has 0 saturated carbocycles. The van der Waals surface area contributed by atoms with Gasteiger partial charge in [0, 0.05) is 5.39 Å².